The number of benzene rings is 1. The van der Waals surface area contributed by atoms with Crippen molar-refractivity contribution in [1.82, 2.24) is 15.3 Å². The van der Waals surface area contributed by atoms with E-state index in [-0.39, 0.29) is 23.4 Å². The van der Waals surface area contributed by atoms with Gasteiger partial charge in [0.1, 0.15) is 11.6 Å². The van der Waals surface area contributed by atoms with Crippen molar-refractivity contribution in [1.29, 1.82) is 0 Å². The summed E-state index contributed by atoms with van der Waals surface area (Å²) in [5.74, 6) is 0.737. The molecule has 2 N–H and O–H groups in total. The van der Waals surface area contributed by atoms with Gasteiger partial charge in [-0.2, -0.15) is 0 Å². The molecule has 1 unspecified atom stereocenters. The molecule has 108 valence electrons. The zero-order valence-electron chi connectivity index (χ0n) is 10.5. The second kappa shape index (κ2) is 5.09. The summed E-state index contributed by atoms with van der Waals surface area (Å²) in [4.78, 5) is 7.37. The van der Waals surface area contributed by atoms with Gasteiger partial charge in [-0.15, -0.1) is 0 Å². The molecular formula is C12H13BrFN3O2S. The van der Waals surface area contributed by atoms with Gasteiger partial charge in [0.05, 0.1) is 33.6 Å². The first-order valence-corrected chi connectivity index (χ1v) is 8.82. The lowest BCUT2D eigenvalue weighted by Gasteiger charge is -2.08. The quantitative estimate of drug-likeness (QED) is 0.872. The summed E-state index contributed by atoms with van der Waals surface area (Å²) >= 11 is 3.12. The lowest BCUT2D eigenvalue weighted by atomic mass is 10.2. The van der Waals surface area contributed by atoms with E-state index in [2.05, 4.69) is 31.2 Å². The Bertz CT molecular complexity index is 720. The van der Waals surface area contributed by atoms with Crippen molar-refractivity contribution in [3.8, 4) is 0 Å². The number of nitrogens with zero attached hydrogens (tertiary/aromatic N) is 1. The Kier molecular flexibility index (Phi) is 3.55. The summed E-state index contributed by atoms with van der Waals surface area (Å²) in [6.45, 7) is 0.439. The molecule has 20 heavy (non-hydrogen) atoms. The molecule has 2 heterocycles. The summed E-state index contributed by atoms with van der Waals surface area (Å²) in [6, 6.07) is 2.97. The number of fused-ring (bicyclic) bond motifs is 1. The highest BCUT2D eigenvalue weighted by Crippen LogP contribution is 2.22. The Labute approximate surface area is 124 Å². The molecular weight excluding hydrogens is 349 g/mol. The van der Waals surface area contributed by atoms with Crippen molar-refractivity contribution in [2.45, 2.75) is 19.0 Å². The molecule has 1 aliphatic heterocycles. The van der Waals surface area contributed by atoms with Crippen molar-refractivity contribution >= 4 is 36.8 Å². The maximum atomic E-state index is 13.4. The predicted octanol–water partition coefficient (Wildman–Crippen LogP) is 1.74. The van der Waals surface area contributed by atoms with Crippen molar-refractivity contribution in [2.75, 3.05) is 11.5 Å². The fourth-order valence-corrected chi connectivity index (χ4v) is 4.38. The van der Waals surface area contributed by atoms with Gasteiger partial charge in [-0.3, -0.25) is 0 Å². The molecule has 1 aromatic heterocycles. The normalized spacial score (nSPS) is 21.6. The minimum atomic E-state index is -2.88. The molecule has 1 saturated heterocycles. The fourth-order valence-electron chi connectivity index (χ4n) is 2.34. The summed E-state index contributed by atoms with van der Waals surface area (Å²) in [6.07, 6.45) is 0.628. The number of halogens is 2. The molecule has 1 atom stereocenters. The van der Waals surface area contributed by atoms with Crippen molar-refractivity contribution in [3.63, 3.8) is 0 Å². The zero-order chi connectivity index (χ0) is 14.3. The number of rotatable bonds is 3. The Morgan fingerprint density at radius 1 is 1.50 bits per heavy atom. The highest BCUT2D eigenvalue weighted by atomic mass is 79.9. The second-order valence-electron chi connectivity index (χ2n) is 4.95. The average Bonchev–Trinajstić information content (AvgIpc) is 2.90. The molecule has 0 spiro atoms. The minimum Gasteiger partial charge on any atom is -0.341 e. The summed E-state index contributed by atoms with van der Waals surface area (Å²) in [7, 11) is -2.88. The standard InChI is InChI=1S/C12H13BrFN3O2S/c13-8-3-10-11(4-9(8)14)17-12(16-10)5-15-7-1-2-20(18,19)6-7/h3-4,7,15H,1-2,5-6H2,(H,16,17). The van der Waals surface area contributed by atoms with E-state index in [1.165, 1.54) is 6.07 Å². The molecule has 8 heteroatoms. The van der Waals surface area contributed by atoms with Crippen molar-refractivity contribution in [2.24, 2.45) is 0 Å². The Morgan fingerprint density at radius 2 is 2.30 bits per heavy atom. The van der Waals surface area contributed by atoms with Crippen LogP contribution >= 0.6 is 15.9 Å². The summed E-state index contributed by atoms with van der Waals surface area (Å²) < 4.78 is 36.5. The average molecular weight is 362 g/mol. The van der Waals surface area contributed by atoms with Gasteiger partial charge in [-0.1, -0.05) is 0 Å². The lowest BCUT2D eigenvalue weighted by molar-refractivity contribution is 0.544. The summed E-state index contributed by atoms with van der Waals surface area (Å²) in [5, 5.41) is 3.17. The van der Waals surface area contributed by atoms with Crippen LogP contribution in [0.3, 0.4) is 0 Å². The van der Waals surface area contributed by atoms with E-state index in [9.17, 15) is 12.8 Å². The van der Waals surface area contributed by atoms with Crippen LogP contribution in [0, 0.1) is 5.82 Å². The molecule has 0 aliphatic carbocycles. The predicted molar refractivity (Wildman–Crippen MR) is 77.7 cm³/mol. The van der Waals surface area contributed by atoms with E-state index in [1.54, 1.807) is 6.07 Å². The Hall–Kier alpha value is -0.990. The van der Waals surface area contributed by atoms with Crippen LogP contribution in [0.1, 0.15) is 12.2 Å². The van der Waals surface area contributed by atoms with E-state index < -0.39 is 9.84 Å². The monoisotopic (exact) mass is 361 g/mol. The zero-order valence-corrected chi connectivity index (χ0v) is 12.9. The van der Waals surface area contributed by atoms with Gasteiger partial charge in [0.2, 0.25) is 0 Å². The van der Waals surface area contributed by atoms with Gasteiger partial charge in [0, 0.05) is 12.1 Å². The number of aromatic nitrogens is 2. The van der Waals surface area contributed by atoms with E-state index in [4.69, 9.17) is 0 Å². The van der Waals surface area contributed by atoms with Crippen LogP contribution in [0.4, 0.5) is 4.39 Å². The van der Waals surface area contributed by atoms with Gasteiger partial charge in [0.25, 0.3) is 0 Å². The molecule has 3 rings (SSSR count). The van der Waals surface area contributed by atoms with E-state index in [0.717, 1.165) is 0 Å². The Morgan fingerprint density at radius 3 is 3.00 bits per heavy atom. The third-order valence-electron chi connectivity index (χ3n) is 3.36. The molecule has 0 radical (unpaired) electrons. The lowest BCUT2D eigenvalue weighted by Crippen LogP contribution is -2.29. The molecule has 0 bridgehead atoms. The smallest absolute Gasteiger partial charge is 0.151 e. The second-order valence-corrected chi connectivity index (χ2v) is 8.03. The molecule has 1 fully saturated rings. The maximum absolute atomic E-state index is 13.4. The first-order valence-electron chi connectivity index (χ1n) is 6.20. The number of hydrogen-bond donors (Lipinski definition) is 2. The molecule has 1 aromatic carbocycles. The van der Waals surface area contributed by atoms with E-state index in [1.807, 2.05) is 0 Å². The number of imidazole rings is 1. The number of nitrogens with one attached hydrogen (secondary N) is 2. The number of sulfone groups is 1. The van der Waals surface area contributed by atoms with Crippen LogP contribution in [-0.4, -0.2) is 35.9 Å². The van der Waals surface area contributed by atoms with Crippen molar-refractivity contribution < 1.29 is 12.8 Å². The van der Waals surface area contributed by atoms with Crippen LogP contribution in [0.25, 0.3) is 11.0 Å². The topological polar surface area (TPSA) is 74.8 Å². The number of H-pyrrole nitrogens is 1. The molecule has 5 nitrogen and oxygen atoms in total. The Balaban J connectivity index is 1.72. The number of aromatic amines is 1. The molecule has 1 aliphatic rings. The van der Waals surface area contributed by atoms with Crippen LogP contribution in [-0.2, 0) is 16.4 Å². The highest BCUT2D eigenvalue weighted by molar-refractivity contribution is 9.10. The number of hydrogen-bond acceptors (Lipinski definition) is 4. The highest BCUT2D eigenvalue weighted by Gasteiger charge is 2.27. The van der Waals surface area contributed by atoms with Crippen LogP contribution in [0.2, 0.25) is 0 Å². The largest absolute Gasteiger partial charge is 0.341 e. The molecule has 0 saturated carbocycles. The minimum absolute atomic E-state index is 0.0308. The maximum Gasteiger partial charge on any atom is 0.151 e. The van der Waals surface area contributed by atoms with Crippen LogP contribution in [0.15, 0.2) is 16.6 Å². The van der Waals surface area contributed by atoms with E-state index >= 15 is 0 Å². The molecule has 0 amide bonds. The van der Waals surface area contributed by atoms with Gasteiger partial charge in [-0.25, -0.2) is 17.8 Å². The van der Waals surface area contributed by atoms with Crippen molar-refractivity contribution in [3.05, 3.63) is 28.2 Å². The van der Waals surface area contributed by atoms with Gasteiger partial charge in [0.15, 0.2) is 9.84 Å². The van der Waals surface area contributed by atoms with E-state index in [0.29, 0.717) is 34.3 Å². The third-order valence-corrected chi connectivity index (χ3v) is 5.74. The summed E-state index contributed by atoms with van der Waals surface area (Å²) in [5.41, 5.74) is 1.30. The van der Waals surface area contributed by atoms with Gasteiger partial charge < -0.3 is 10.3 Å². The fraction of sp³-hybridized carbons (Fsp3) is 0.417. The van der Waals surface area contributed by atoms with Crippen LogP contribution < -0.4 is 5.32 Å². The van der Waals surface area contributed by atoms with Gasteiger partial charge >= 0.3 is 0 Å². The SMILES string of the molecule is O=S1(=O)CCC(NCc2nc3cc(Br)c(F)cc3[nH]2)C1. The third kappa shape index (κ3) is 2.87. The first kappa shape index (κ1) is 14.0. The van der Waals surface area contributed by atoms with Crippen LogP contribution in [0.5, 0.6) is 0 Å². The molecule has 2 aromatic rings. The first-order chi connectivity index (χ1) is 9.43. The van der Waals surface area contributed by atoms with Gasteiger partial charge in [-0.05, 0) is 28.4 Å².